The molecular weight excluding hydrogens is 302 g/mol. The van der Waals surface area contributed by atoms with Crippen molar-refractivity contribution in [3.05, 3.63) is 64.3 Å². The van der Waals surface area contributed by atoms with Crippen molar-refractivity contribution in [2.24, 2.45) is 0 Å². The third-order valence-corrected chi connectivity index (χ3v) is 3.78. The van der Waals surface area contributed by atoms with Crippen LogP contribution >= 0.6 is 15.9 Å². The fourth-order valence-corrected chi connectivity index (χ4v) is 2.81. The summed E-state index contributed by atoms with van der Waals surface area (Å²) in [5, 5.41) is 1.19. The number of halogens is 1. The molecule has 3 aromatic rings. The Balaban J connectivity index is 1.86. The molecule has 0 fully saturated rings. The maximum Gasteiger partial charge on any atom is 0.120 e. The second kappa shape index (κ2) is 5.10. The lowest BCUT2D eigenvalue weighted by Gasteiger charge is -2.06. The molecule has 0 radical (unpaired) electrons. The molecule has 19 heavy (non-hydrogen) atoms. The van der Waals surface area contributed by atoms with E-state index in [1.165, 1.54) is 10.9 Å². The number of hydrogen-bond donors (Lipinski definition) is 1. The van der Waals surface area contributed by atoms with Gasteiger partial charge in [-0.05, 0) is 36.8 Å². The molecule has 0 aliphatic carbocycles. The summed E-state index contributed by atoms with van der Waals surface area (Å²) < 4.78 is 6.95. The van der Waals surface area contributed by atoms with Gasteiger partial charge in [0.15, 0.2) is 0 Å². The van der Waals surface area contributed by atoms with Crippen molar-refractivity contribution in [3.8, 4) is 5.75 Å². The molecule has 0 atom stereocenters. The van der Waals surface area contributed by atoms with Crippen LogP contribution in [-0.4, -0.2) is 4.98 Å². The summed E-state index contributed by atoms with van der Waals surface area (Å²) in [6, 6.07) is 14.2. The maximum atomic E-state index is 5.85. The largest absolute Gasteiger partial charge is 0.489 e. The second-order valence-electron chi connectivity index (χ2n) is 4.58. The normalized spacial score (nSPS) is 10.8. The Hall–Kier alpha value is -1.74. The topological polar surface area (TPSA) is 25.0 Å². The van der Waals surface area contributed by atoms with Gasteiger partial charge in [0, 0.05) is 27.1 Å². The van der Waals surface area contributed by atoms with Gasteiger partial charge in [-0.2, -0.15) is 0 Å². The number of rotatable bonds is 3. The molecule has 0 bridgehead atoms. The monoisotopic (exact) mass is 315 g/mol. The van der Waals surface area contributed by atoms with Crippen LogP contribution in [-0.2, 0) is 6.61 Å². The first kappa shape index (κ1) is 12.3. The molecule has 2 aromatic carbocycles. The summed E-state index contributed by atoms with van der Waals surface area (Å²) >= 11 is 3.59. The summed E-state index contributed by atoms with van der Waals surface area (Å²) in [5.74, 6) is 0.904. The first-order chi connectivity index (χ1) is 9.24. The SMILES string of the molecule is Cc1cccc(OCc2c[nH]c3cccc(Br)c23)c1. The molecule has 0 saturated carbocycles. The Morgan fingerprint density at radius 2 is 2.00 bits per heavy atom. The molecule has 1 N–H and O–H groups in total. The standard InChI is InChI=1S/C16H14BrNO/c1-11-4-2-5-13(8-11)19-10-12-9-18-15-7-3-6-14(17)16(12)15/h2-9,18H,10H2,1H3. The van der Waals surface area contributed by atoms with E-state index in [1.54, 1.807) is 0 Å². The summed E-state index contributed by atoms with van der Waals surface area (Å²) in [7, 11) is 0. The number of aromatic amines is 1. The zero-order valence-electron chi connectivity index (χ0n) is 10.6. The number of fused-ring (bicyclic) bond motifs is 1. The lowest BCUT2D eigenvalue weighted by atomic mass is 10.2. The van der Waals surface area contributed by atoms with E-state index in [9.17, 15) is 0 Å². The summed E-state index contributed by atoms with van der Waals surface area (Å²) in [6.07, 6.45) is 2.01. The number of benzene rings is 2. The lowest BCUT2D eigenvalue weighted by Crippen LogP contribution is -1.94. The van der Waals surface area contributed by atoms with Gasteiger partial charge in [-0.15, -0.1) is 0 Å². The zero-order chi connectivity index (χ0) is 13.2. The Kier molecular flexibility index (Phi) is 3.30. The molecule has 0 spiro atoms. The van der Waals surface area contributed by atoms with Gasteiger partial charge in [0.2, 0.25) is 0 Å². The van der Waals surface area contributed by atoms with E-state index in [0.717, 1.165) is 21.3 Å². The quantitative estimate of drug-likeness (QED) is 0.736. The van der Waals surface area contributed by atoms with Crippen LogP contribution in [0.5, 0.6) is 5.75 Å². The molecule has 1 heterocycles. The maximum absolute atomic E-state index is 5.85. The van der Waals surface area contributed by atoms with E-state index in [0.29, 0.717) is 6.61 Å². The van der Waals surface area contributed by atoms with Crippen LogP contribution in [0.4, 0.5) is 0 Å². The summed E-state index contributed by atoms with van der Waals surface area (Å²) in [6.45, 7) is 2.63. The molecule has 0 aliphatic heterocycles. The van der Waals surface area contributed by atoms with Crippen molar-refractivity contribution in [2.45, 2.75) is 13.5 Å². The van der Waals surface area contributed by atoms with Crippen molar-refractivity contribution in [3.63, 3.8) is 0 Å². The number of hydrogen-bond acceptors (Lipinski definition) is 1. The van der Waals surface area contributed by atoms with Crippen LogP contribution in [0.15, 0.2) is 53.1 Å². The molecule has 2 nitrogen and oxygen atoms in total. The minimum absolute atomic E-state index is 0.562. The molecule has 0 amide bonds. The fourth-order valence-electron chi connectivity index (χ4n) is 2.19. The number of H-pyrrole nitrogens is 1. The van der Waals surface area contributed by atoms with Crippen LogP contribution in [0, 0.1) is 6.92 Å². The number of nitrogens with one attached hydrogen (secondary N) is 1. The van der Waals surface area contributed by atoms with Crippen molar-refractivity contribution in [1.29, 1.82) is 0 Å². The number of aryl methyl sites for hydroxylation is 1. The first-order valence-electron chi connectivity index (χ1n) is 6.18. The minimum Gasteiger partial charge on any atom is -0.489 e. The van der Waals surface area contributed by atoms with Crippen LogP contribution in [0.3, 0.4) is 0 Å². The average Bonchev–Trinajstić information content (AvgIpc) is 2.81. The predicted molar refractivity (Wildman–Crippen MR) is 81.5 cm³/mol. The third-order valence-electron chi connectivity index (χ3n) is 3.12. The lowest BCUT2D eigenvalue weighted by molar-refractivity contribution is 0.307. The van der Waals surface area contributed by atoms with E-state index < -0.39 is 0 Å². The van der Waals surface area contributed by atoms with E-state index in [-0.39, 0.29) is 0 Å². The Morgan fingerprint density at radius 1 is 1.16 bits per heavy atom. The summed E-state index contributed by atoms with van der Waals surface area (Å²) in [4.78, 5) is 3.27. The molecule has 0 saturated heterocycles. The minimum atomic E-state index is 0.562. The average molecular weight is 316 g/mol. The van der Waals surface area contributed by atoms with Gasteiger partial charge in [0.1, 0.15) is 12.4 Å². The van der Waals surface area contributed by atoms with Crippen molar-refractivity contribution in [1.82, 2.24) is 4.98 Å². The van der Waals surface area contributed by atoms with E-state index >= 15 is 0 Å². The van der Waals surface area contributed by atoms with Gasteiger partial charge in [-0.3, -0.25) is 0 Å². The Bertz CT molecular complexity index is 718. The van der Waals surface area contributed by atoms with Crippen LogP contribution in [0.2, 0.25) is 0 Å². The Labute approximate surface area is 120 Å². The molecule has 3 heteroatoms. The number of ether oxygens (including phenoxy) is 1. The number of aromatic nitrogens is 1. The molecule has 1 aromatic heterocycles. The van der Waals surface area contributed by atoms with Crippen LogP contribution in [0.1, 0.15) is 11.1 Å². The highest BCUT2D eigenvalue weighted by atomic mass is 79.9. The second-order valence-corrected chi connectivity index (χ2v) is 5.44. The van der Waals surface area contributed by atoms with Crippen molar-refractivity contribution >= 4 is 26.8 Å². The summed E-state index contributed by atoms with van der Waals surface area (Å²) in [5.41, 5.74) is 3.49. The predicted octanol–water partition coefficient (Wildman–Crippen LogP) is 4.82. The zero-order valence-corrected chi connectivity index (χ0v) is 12.2. The Morgan fingerprint density at radius 3 is 2.84 bits per heavy atom. The van der Waals surface area contributed by atoms with Crippen molar-refractivity contribution < 1.29 is 4.74 Å². The molecule has 96 valence electrons. The highest BCUT2D eigenvalue weighted by Gasteiger charge is 2.07. The van der Waals surface area contributed by atoms with Gasteiger partial charge in [-0.1, -0.05) is 34.1 Å². The van der Waals surface area contributed by atoms with Gasteiger partial charge >= 0.3 is 0 Å². The van der Waals surface area contributed by atoms with E-state index in [2.05, 4.69) is 40.0 Å². The van der Waals surface area contributed by atoms with Crippen molar-refractivity contribution in [2.75, 3.05) is 0 Å². The molecular formula is C16H14BrNO. The molecule has 0 aliphatic rings. The van der Waals surface area contributed by atoms with Crippen LogP contribution < -0.4 is 4.74 Å². The highest BCUT2D eigenvalue weighted by molar-refractivity contribution is 9.10. The van der Waals surface area contributed by atoms with Gasteiger partial charge in [0.05, 0.1) is 0 Å². The van der Waals surface area contributed by atoms with E-state index in [1.807, 2.05) is 36.5 Å². The molecule has 3 rings (SSSR count). The fraction of sp³-hybridized carbons (Fsp3) is 0.125. The van der Waals surface area contributed by atoms with E-state index in [4.69, 9.17) is 4.74 Å². The smallest absolute Gasteiger partial charge is 0.120 e. The molecule has 0 unspecified atom stereocenters. The third kappa shape index (κ3) is 2.51. The van der Waals surface area contributed by atoms with Gasteiger partial charge < -0.3 is 9.72 Å². The first-order valence-corrected chi connectivity index (χ1v) is 6.97. The van der Waals surface area contributed by atoms with Gasteiger partial charge in [-0.25, -0.2) is 0 Å². The van der Waals surface area contributed by atoms with Crippen LogP contribution in [0.25, 0.3) is 10.9 Å². The van der Waals surface area contributed by atoms with Gasteiger partial charge in [0.25, 0.3) is 0 Å². The highest BCUT2D eigenvalue weighted by Crippen LogP contribution is 2.27.